The van der Waals surface area contributed by atoms with Crippen molar-refractivity contribution in [3.05, 3.63) is 83.0 Å². The van der Waals surface area contributed by atoms with Crippen LogP contribution in [0.5, 0.6) is 0 Å². The summed E-state index contributed by atoms with van der Waals surface area (Å²) in [6.45, 7) is 5.98. The molecular formula is C23H23N3O3. The first-order valence-corrected chi connectivity index (χ1v) is 9.49. The van der Waals surface area contributed by atoms with Gasteiger partial charge in [-0.3, -0.25) is 9.13 Å². The topological polar surface area (TPSA) is 69.0 Å². The molecule has 0 saturated heterocycles. The lowest BCUT2D eigenvalue weighted by atomic mass is 10.1. The summed E-state index contributed by atoms with van der Waals surface area (Å²) in [5.74, 6) is 0. The van der Waals surface area contributed by atoms with Gasteiger partial charge in [0.05, 0.1) is 17.6 Å². The van der Waals surface area contributed by atoms with Crippen LogP contribution >= 0.6 is 0 Å². The van der Waals surface area contributed by atoms with Gasteiger partial charge in [-0.05, 0) is 38.5 Å². The maximum Gasteiger partial charge on any atom is 0.418 e. The molecule has 0 bridgehead atoms. The van der Waals surface area contributed by atoms with Crippen LogP contribution in [0.25, 0.3) is 22.2 Å². The highest BCUT2D eigenvalue weighted by atomic mass is 16.6. The Labute approximate surface area is 168 Å². The smallest absolute Gasteiger partial charge is 0.418 e. The van der Waals surface area contributed by atoms with Crippen LogP contribution in [0.2, 0.25) is 0 Å². The SMILES string of the molecule is CC(C)(C)OC(=O)n1ccc(-c2cccc3c2[nH]c(=O)n3Cc2ccccc2)c1. The largest absolute Gasteiger partial charge is 0.443 e. The third kappa shape index (κ3) is 3.87. The van der Waals surface area contributed by atoms with Gasteiger partial charge >= 0.3 is 11.8 Å². The third-order valence-electron chi connectivity index (χ3n) is 4.60. The van der Waals surface area contributed by atoms with Crippen molar-refractivity contribution in [2.75, 3.05) is 0 Å². The maximum absolute atomic E-state index is 12.6. The molecule has 2 heterocycles. The summed E-state index contributed by atoms with van der Waals surface area (Å²) < 4.78 is 8.55. The van der Waals surface area contributed by atoms with Crippen molar-refractivity contribution in [3.8, 4) is 11.1 Å². The predicted octanol–water partition coefficient (Wildman–Crippen LogP) is 4.63. The monoisotopic (exact) mass is 389 g/mol. The average molecular weight is 389 g/mol. The average Bonchev–Trinajstić information content (AvgIpc) is 3.27. The lowest BCUT2D eigenvalue weighted by molar-refractivity contribution is 0.0537. The number of ether oxygens (including phenoxy) is 1. The Balaban J connectivity index is 1.72. The minimum atomic E-state index is -0.568. The van der Waals surface area contributed by atoms with Crippen LogP contribution in [-0.2, 0) is 11.3 Å². The summed E-state index contributed by atoms with van der Waals surface area (Å²) in [4.78, 5) is 27.9. The Morgan fingerprint density at radius 3 is 2.52 bits per heavy atom. The van der Waals surface area contributed by atoms with Crippen molar-refractivity contribution in [1.82, 2.24) is 14.1 Å². The van der Waals surface area contributed by atoms with E-state index in [9.17, 15) is 9.59 Å². The fourth-order valence-electron chi connectivity index (χ4n) is 3.33. The van der Waals surface area contributed by atoms with E-state index < -0.39 is 11.7 Å². The molecule has 0 saturated carbocycles. The van der Waals surface area contributed by atoms with Crippen LogP contribution in [0.3, 0.4) is 0 Å². The first-order chi connectivity index (χ1) is 13.8. The van der Waals surface area contributed by atoms with Crippen molar-refractivity contribution >= 4 is 17.1 Å². The second kappa shape index (κ2) is 7.13. The third-order valence-corrected chi connectivity index (χ3v) is 4.60. The van der Waals surface area contributed by atoms with Crippen LogP contribution in [0, 0.1) is 0 Å². The standard InChI is InChI=1S/C23H23N3O3/c1-23(2,3)29-22(28)25-13-12-17(15-25)18-10-7-11-19-20(18)24-21(27)26(19)14-16-8-5-4-6-9-16/h4-13,15H,14H2,1-3H3,(H,24,27). The van der Waals surface area contributed by atoms with Gasteiger partial charge in [0.25, 0.3) is 0 Å². The molecule has 0 fully saturated rings. The molecule has 0 spiro atoms. The summed E-state index contributed by atoms with van der Waals surface area (Å²) in [7, 11) is 0. The molecule has 6 heteroatoms. The number of benzene rings is 2. The van der Waals surface area contributed by atoms with Gasteiger partial charge in [0, 0.05) is 23.5 Å². The van der Waals surface area contributed by atoms with Crippen LogP contribution < -0.4 is 5.69 Å². The molecule has 4 rings (SSSR count). The highest BCUT2D eigenvalue weighted by Gasteiger charge is 2.19. The van der Waals surface area contributed by atoms with E-state index in [-0.39, 0.29) is 5.69 Å². The number of aromatic nitrogens is 3. The molecule has 0 amide bonds. The van der Waals surface area contributed by atoms with E-state index in [1.54, 1.807) is 17.0 Å². The molecule has 148 valence electrons. The number of aromatic amines is 1. The minimum absolute atomic E-state index is 0.164. The van der Waals surface area contributed by atoms with Crippen LogP contribution in [0.1, 0.15) is 26.3 Å². The number of hydrogen-bond acceptors (Lipinski definition) is 3. The first-order valence-electron chi connectivity index (χ1n) is 9.49. The van der Waals surface area contributed by atoms with Crippen LogP contribution in [0.4, 0.5) is 4.79 Å². The minimum Gasteiger partial charge on any atom is -0.443 e. The Kier molecular flexibility index (Phi) is 4.62. The lowest BCUT2D eigenvalue weighted by Gasteiger charge is -2.19. The summed E-state index contributed by atoms with van der Waals surface area (Å²) in [6.07, 6.45) is 2.95. The fraction of sp³-hybridized carbons (Fsp3) is 0.217. The Bertz CT molecular complexity index is 1220. The molecule has 0 radical (unpaired) electrons. The molecule has 6 nitrogen and oxygen atoms in total. The van der Waals surface area contributed by atoms with Crippen LogP contribution in [0.15, 0.2) is 71.8 Å². The number of fused-ring (bicyclic) bond motifs is 1. The number of H-pyrrole nitrogens is 1. The molecule has 0 unspecified atom stereocenters. The fourth-order valence-corrected chi connectivity index (χ4v) is 3.33. The first kappa shape index (κ1) is 18.8. The van der Waals surface area contributed by atoms with Gasteiger partial charge in [-0.1, -0.05) is 42.5 Å². The van der Waals surface area contributed by atoms with Gasteiger partial charge in [0.2, 0.25) is 0 Å². The van der Waals surface area contributed by atoms with Crippen molar-refractivity contribution in [2.24, 2.45) is 0 Å². The highest BCUT2D eigenvalue weighted by molar-refractivity contribution is 5.92. The summed E-state index contributed by atoms with van der Waals surface area (Å²) in [5, 5.41) is 0. The van der Waals surface area contributed by atoms with E-state index >= 15 is 0 Å². The summed E-state index contributed by atoms with van der Waals surface area (Å²) in [6, 6.07) is 17.5. The number of hydrogen-bond donors (Lipinski definition) is 1. The Hall–Kier alpha value is -3.54. The van der Waals surface area contributed by atoms with Crippen molar-refractivity contribution in [2.45, 2.75) is 32.9 Å². The molecule has 0 aliphatic carbocycles. The zero-order valence-electron chi connectivity index (χ0n) is 16.7. The second-order valence-electron chi connectivity index (χ2n) is 7.99. The maximum atomic E-state index is 12.6. The molecule has 1 N–H and O–H groups in total. The Morgan fingerprint density at radius 1 is 1.03 bits per heavy atom. The highest BCUT2D eigenvalue weighted by Crippen LogP contribution is 2.27. The van der Waals surface area contributed by atoms with E-state index in [0.717, 1.165) is 27.7 Å². The summed E-state index contributed by atoms with van der Waals surface area (Å²) >= 11 is 0. The molecule has 0 aliphatic heterocycles. The number of carbonyl (C=O) groups is 1. The zero-order chi connectivity index (χ0) is 20.6. The van der Waals surface area contributed by atoms with E-state index in [0.29, 0.717) is 6.54 Å². The second-order valence-corrected chi connectivity index (χ2v) is 7.99. The molecule has 29 heavy (non-hydrogen) atoms. The molecular weight excluding hydrogens is 366 g/mol. The van der Waals surface area contributed by atoms with Crippen molar-refractivity contribution in [3.63, 3.8) is 0 Å². The summed E-state index contributed by atoms with van der Waals surface area (Å²) in [5.41, 5.74) is 3.57. The number of carbonyl (C=O) groups excluding carboxylic acids is 1. The number of imidazole rings is 1. The van der Waals surface area contributed by atoms with Gasteiger partial charge in [-0.25, -0.2) is 9.59 Å². The number of rotatable bonds is 3. The molecule has 0 aliphatic rings. The van der Waals surface area contributed by atoms with E-state index in [4.69, 9.17) is 4.74 Å². The van der Waals surface area contributed by atoms with E-state index in [2.05, 4.69) is 4.98 Å². The van der Waals surface area contributed by atoms with Gasteiger partial charge in [0.15, 0.2) is 0 Å². The Morgan fingerprint density at radius 2 is 1.79 bits per heavy atom. The molecule has 0 atom stereocenters. The predicted molar refractivity (Wildman–Crippen MR) is 113 cm³/mol. The van der Waals surface area contributed by atoms with Gasteiger partial charge in [-0.15, -0.1) is 0 Å². The van der Waals surface area contributed by atoms with Crippen LogP contribution in [-0.4, -0.2) is 25.8 Å². The number of para-hydroxylation sites is 1. The molecule has 4 aromatic rings. The number of nitrogens with zero attached hydrogens (tertiary/aromatic N) is 2. The molecule has 2 aromatic carbocycles. The lowest BCUT2D eigenvalue weighted by Crippen LogP contribution is -2.26. The van der Waals surface area contributed by atoms with Crippen molar-refractivity contribution < 1.29 is 9.53 Å². The van der Waals surface area contributed by atoms with Crippen molar-refractivity contribution in [1.29, 1.82) is 0 Å². The zero-order valence-corrected chi connectivity index (χ0v) is 16.7. The van der Waals surface area contributed by atoms with Gasteiger partial charge < -0.3 is 9.72 Å². The van der Waals surface area contributed by atoms with Gasteiger partial charge in [-0.2, -0.15) is 0 Å². The number of nitrogens with one attached hydrogen (secondary N) is 1. The quantitative estimate of drug-likeness (QED) is 0.555. The molecule has 2 aromatic heterocycles. The normalized spacial score (nSPS) is 11.7. The van der Waals surface area contributed by atoms with E-state index in [1.165, 1.54) is 4.57 Å². The van der Waals surface area contributed by atoms with Gasteiger partial charge in [0.1, 0.15) is 5.60 Å². The van der Waals surface area contributed by atoms with E-state index in [1.807, 2.05) is 75.4 Å².